The van der Waals surface area contributed by atoms with Crippen molar-refractivity contribution in [1.82, 2.24) is 10.3 Å². The van der Waals surface area contributed by atoms with E-state index in [2.05, 4.69) is 10.3 Å². The number of halogens is 1. The van der Waals surface area contributed by atoms with Crippen molar-refractivity contribution in [2.75, 3.05) is 19.8 Å². The molecule has 1 aliphatic heterocycles. The molecule has 13 heavy (non-hydrogen) atoms. The fourth-order valence-corrected chi connectivity index (χ4v) is 1.54. The second-order valence-corrected chi connectivity index (χ2v) is 3.35. The van der Waals surface area contributed by atoms with Gasteiger partial charge < -0.3 is 10.1 Å². The zero-order valence-electron chi connectivity index (χ0n) is 7.16. The molecular weight excluding hydrogens is 188 g/mol. The largest absolute Gasteiger partial charge is 0.378 e. The maximum Gasteiger partial charge on any atom is 0.129 e. The molecule has 1 atom stereocenters. The van der Waals surface area contributed by atoms with Crippen molar-refractivity contribution < 1.29 is 4.74 Å². The lowest BCUT2D eigenvalue weighted by atomic mass is 10.2. The third-order valence-corrected chi connectivity index (χ3v) is 2.23. The van der Waals surface area contributed by atoms with Crippen molar-refractivity contribution in [1.29, 1.82) is 0 Å². The zero-order valence-corrected chi connectivity index (χ0v) is 7.92. The maximum atomic E-state index is 5.78. The molecule has 0 saturated carbocycles. The van der Waals surface area contributed by atoms with E-state index in [0.717, 1.165) is 18.8 Å². The molecule has 0 spiro atoms. The van der Waals surface area contributed by atoms with Crippen LogP contribution in [0.5, 0.6) is 0 Å². The predicted octanol–water partition coefficient (Wildman–Crippen LogP) is 1.40. The fraction of sp³-hybridized carbons (Fsp3) is 0.444. The molecule has 1 N–H and O–H groups in total. The van der Waals surface area contributed by atoms with Gasteiger partial charge in [0.25, 0.3) is 0 Å². The minimum atomic E-state index is 0.187. The molecule has 3 nitrogen and oxygen atoms in total. The van der Waals surface area contributed by atoms with Crippen molar-refractivity contribution >= 4 is 11.6 Å². The molecule has 4 heteroatoms. The Kier molecular flexibility index (Phi) is 2.78. The van der Waals surface area contributed by atoms with E-state index in [0.29, 0.717) is 11.8 Å². The number of aromatic nitrogens is 1. The second-order valence-electron chi connectivity index (χ2n) is 2.97. The van der Waals surface area contributed by atoms with Crippen molar-refractivity contribution in [2.24, 2.45) is 0 Å². The first-order chi connectivity index (χ1) is 6.36. The lowest BCUT2D eigenvalue weighted by Gasteiger charge is -2.23. The van der Waals surface area contributed by atoms with Crippen molar-refractivity contribution in [3.05, 3.63) is 29.0 Å². The smallest absolute Gasteiger partial charge is 0.129 e. The number of ether oxygens (including phenoxy) is 1. The third-order valence-electron chi connectivity index (χ3n) is 2.02. The van der Waals surface area contributed by atoms with Crippen molar-refractivity contribution in [3.8, 4) is 0 Å². The van der Waals surface area contributed by atoms with Gasteiger partial charge in [0, 0.05) is 6.54 Å². The summed E-state index contributed by atoms with van der Waals surface area (Å²) >= 11 is 5.78. The molecule has 0 unspecified atom stereocenters. The molecule has 1 saturated heterocycles. The molecule has 1 aromatic heterocycles. The quantitative estimate of drug-likeness (QED) is 0.693. The number of rotatable bonds is 1. The standard InChI is InChI=1S/C9H11ClN2O/c10-9-3-1-2-7(12-9)8-6-13-5-4-11-8/h1-3,8,11H,4-6H2/t8-/m0/s1. The minimum absolute atomic E-state index is 0.187. The summed E-state index contributed by atoms with van der Waals surface area (Å²) in [6.07, 6.45) is 0. The fourth-order valence-electron chi connectivity index (χ4n) is 1.37. The first-order valence-corrected chi connectivity index (χ1v) is 4.67. The van der Waals surface area contributed by atoms with E-state index < -0.39 is 0 Å². The monoisotopic (exact) mass is 198 g/mol. The van der Waals surface area contributed by atoms with Crippen LogP contribution in [0.3, 0.4) is 0 Å². The van der Waals surface area contributed by atoms with Gasteiger partial charge in [-0.1, -0.05) is 17.7 Å². The van der Waals surface area contributed by atoms with Gasteiger partial charge in [-0.25, -0.2) is 4.98 Å². The van der Waals surface area contributed by atoms with Gasteiger partial charge in [0.2, 0.25) is 0 Å². The van der Waals surface area contributed by atoms with Crippen molar-refractivity contribution in [3.63, 3.8) is 0 Å². The highest BCUT2D eigenvalue weighted by molar-refractivity contribution is 6.29. The van der Waals surface area contributed by atoms with Gasteiger partial charge in [-0.3, -0.25) is 0 Å². The SMILES string of the molecule is Clc1cccc([C@@H]2COCCN2)n1. The summed E-state index contributed by atoms with van der Waals surface area (Å²) in [6, 6.07) is 5.82. The average molecular weight is 199 g/mol. The number of pyridine rings is 1. The van der Waals surface area contributed by atoms with Crippen LogP contribution >= 0.6 is 11.6 Å². The number of nitrogens with one attached hydrogen (secondary N) is 1. The Morgan fingerprint density at radius 1 is 1.54 bits per heavy atom. The Hall–Kier alpha value is -0.640. The van der Waals surface area contributed by atoms with Gasteiger partial charge in [-0.2, -0.15) is 0 Å². The van der Waals surface area contributed by atoms with Gasteiger partial charge in [-0.05, 0) is 12.1 Å². The molecule has 0 amide bonds. The van der Waals surface area contributed by atoms with E-state index in [1.165, 1.54) is 0 Å². The highest BCUT2D eigenvalue weighted by atomic mass is 35.5. The minimum Gasteiger partial charge on any atom is -0.378 e. The van der Waals surface area contributed by atoms with Gasteiger partial charge >= 0.3 is 0 Å². The Bertz CT molecular complexity index is 287. The molecule has 1 aliphatic rings. The lowest BCUT2D eigenvalue weighted by Crippen LogP contribution is -2.35. The molecule has 1 aromatic rings. The van der Waals surface area contributed by atoms with E-state index in [-0.39, 0.29) is 6.04 Å². The van der Waals surface area contributed by atoms with Crippen LogP contribution in [0, 0.1) is 0 Å². The number of morpholine rings is 1. The third kappa shape index (κ3) is 2.18. The summed E-state index contributed by atoms with van der Waals surface area (Å²) in [5.74, 6) is 0. The summed E-state index contributed by atoms with van der Waals surface area (Å²) in [7, 11) is 0. The molecule has 0 aliphatic carbocycles. The number of nitrogens with zero attached hydrogens (tertiary/aromatic N) is 1. The first kappa shape index (κ1) is 8.94. The Balaban J connectivity index is 2.14. The van der Waals surface area contributed by atoms with Gasteiger partial charge in [0.05, 0.1) is 24.9 Å². The van der Waals surface area contributed by atoms with Gasteiger partial charge in [-0.15, -0.1) is 0 Å². The number of hydrogen-bond donors (Lipinski definition) is 1. The highest BCUT2D eigenvalue weighted by Crippen LogP contribution is 2.15. The van der Waals surface area contributed by atoms with Crippen molar-refractivity contribution in [2.45, 2.75) is 6.04 Å². The summed E-state index contributed by atoms with van der Waals surface area (Å²) in [4.78, 5) is 4.22. The summed E-state index contributed by atoms with van der Waals surface area (Å²) in [6.45, 7) is 2.32. The Labute approximate surface area is 82.1 Å². The topological polar surface area (TPSA) is 34.1 Å². The number of hydrogen-bond acceptors (Lipinski definition) is 3. The molecule has 0 radical (unpaired) electrons. The van der Waals surface area contributed by atoms with Crippen LogP contribution in [0.1, 0.15) is 11.7 Å². The van der Waals surface area contributed by atoms with E-state index in [9.17, 15) is 0 Å². The van der Waals surface area contributed by atoms with Gasteiger partial charge in [0.15, 0.2) is 0 Å². The molecular formula is C9H11ClN2O. The molecule has 0 aromatic carbocycles. The molecule has 1 fully saturated rings. The normalized spacial score (nSPS) is 23.0. The van der Waals surface area contributed by atoms with Crippen LogP contribution in [-0.4, -0.2) is 24.7 Å². The van der Waals surface area contributed by atoms with Crippen LogP contribution < -0.4 is 5.32 Å². The van der Waals surface area contributed by atoms with E-state index >= 15 is 0 Å². The van der Waals surface area contributed by atoms with Crippen LogP contribution in [0.15, 0.2) is 18.2 Å². The molecule has 0 bridgehead atoms. The maximum absolute atomic E-state index is 5.78. The summed E-state index contributed by atoms with van der Waals surface area (Å²) in [5.41, 5.74) is 0.951. The van der Waals surface area contributed by atoms with Gasteiger partial charge in [0.1, 0.15) is 5.15 Å². The zero-order chi connectivity index (χ0) is 9.10. The van der Waals surface area contributed by atoms with E-state index in [1.54, 1.807) is 6.07 Å². The lowest BCUT2D eigenvalue weighted by molar-refractivity contribution is 0.0756. The Morgan fingerprint density at radius 3 is 3.15 bits per heavy atom. The van der Waals surface area contributed by atoms with Crippen LogP contribution in [0.4, 0.5) is 0 Å². The first-order valence-electron chi connectivity index (χ1n) is 4.30. The highest BCUT2D eigenvalue weighted by Gasteiger charge is 2.15. The molecule has 70 valence electrons. The summed E-state index contributed by atoms with van der Waals surface area (Å²) < 4.78 is 5.33. The second kappa shape index (κ2) is 4.05. The molecule has 2 heterocycles. The predicted molar refractivity (Wildman–Crippen MR) is 50.8 cm³/mol. The van der Waals surface area contributed by atoms with E-state index in [4.69, 9.17) is 16.3 Å². The average Bonchev–Trinajstić information content (AvgIpc) is 2.19. The van der Waals surface area contributed by atoms with Crippen LogP contribution in [0.25, 0.3) is 0 Å². The van der Waals surface area contributed by atoms with Crippen LogP contribution in [-0.2, 0) is 4.74 Å². The van der Waals surface area contributed by atoms with Crippen LogP contribution in [0.2, 0.25) is 5.15 Å². The van der Waals surface area contributed by atoms with E-state index in [1.807, 2.05) is 12.1 Å². The summed E-state index contributed by atoms with van der Waals surface area (Å²) in [5, 5.41) is 3.85. The Morgan fingerprint density at radius 2 is 2.46 bits per heavy atom. The molecule has 2 rings (SSSR count).